The van der Waals surface area contributed by atoms with Crippen molar-refractivity contribution in [3.63, 3.8) is 0 Å². The SMILES string of the molecule is COc1cccc(NC(=O)CN2C(=O)C(C)CSc3ccc(S(=O)(=O)N4CCOCC4)cc32)c1. The molecule has 182 valence electrons. The van der Waals surface area contributed by atoms with Gasteiger partial charge in [0.05, 0.1) is 30.9 Å². The molecular formula is C23H27N3O6S2. The van der Waals surface area contributed by atoms with Crippen molar-refractivity contribution >= 4 is 45.0 Å². The number of sulfonamides is 1. The molecule has 2 aromatic rings. The van der Waals surface area contributed by atoms with Crippen LogP contribution in [0, 0.1) is 5.92 Å². The number of nitrogens with zero attached hydrogens (tertiary/aromatic N) is 2. The minimum Gasteiger partial charge on any atom is -0.497 e. The summed E-state index contributed by atoms with van der Waals surface area (Å²) in [5.74, 6) is 0.175. The molecule has 1 fully saturated rings. The lowest BCUT2D eigenvalue weighted by Crippen LogP contribution is -2.42. The fourth-order valence-electron chi connectivity index (χ4n) is 3.81. The summed E-state index contributed by atoms with van der Waals surface area (Å²) in [4.78, 5) is 28.3. The van der Waals surface area contributed by atoms with E-state index in [1.165, 1.54) is 34.1 Å². The van der Waals surface area contributed by atoms with Gasteiger partial charge in [-0.05, 0) is 30.3 Å². The third kappa shape index (κ3) is 5.22. The molecule has 0 radical (unpaired) electrons. The molecule has 0 bridgehead atoms. The van der Waals surface area contributed by atoms with E-state index < -0.39 is 15.9 Å². The fraction of sp³-hybridized carbons (Fsp3) is 0.391. The van der Waals surface area contributed by atoms with Crippen LogP contribution in [0.1, 0.15) is 6.92 Å². The summed E-state index contributed by atoms with van der Waals surface area (Å²) in [6.07, 6.45) is 0. The summed E-state index contributed by atoms with van der Waals surface area (Å²) < 4.78 is 38.3. The molecule has 2 amide bonds. The minimum atomic E-state index is -3.75. The molecule has 4 rings (SSSR count). The number of carbonyl (C=O) groups is 2. The van der Waals surface area contributed by atoms with Gasteiger partial charge < -0.3 is 19.7 Å². The lowest BCUT2D eigenvalue weighted by atomic mass is 10.1. The Bertz CT molecular complexity index is 1180. The van der Waals surface area contributed by atoms with E-state index >= 15 is 0 Å². The lowest BCUT2D eigenvalue weighted by Gasteiger charge is -2.27. The van der Waals surface area contributed by atoms with Crippen LogP contribution in [-0.2, 0) is 24.3 Å². The van der Waals surface area contributed by atoms with Crippen molar-refractivity contribution in [2.24, 2.45) is 5.92 Å². The van der Waals surface area contributed by atoms with Crippen LogP contribution in [0.15, 0.2) is 52.3 Å². The Kier molecular flexibility index (Phi) is 7.46. The molecular weight excluding hydrogens is 478 g/mol. The van der Waals surface area contributed by atoms with E-state index in [-0.39, 0.29) is 36.4 Å². The number of fused-ring (bicyclic) bond motifs is 1. The maximum absolute atomic E-state index is 13.2. The Morgan fingerprint density at radius 3 is 2.71 bits per heavy atom. The van der Waals surface area contributed by atoms with Gasteiger partial charge >= 0.3 is 0 Å². The predicted molar refractivity (Wildman–Crippen MR) is 130 cm³/mol. The molecule has 0 aliphatic carbocycles. The van der Waals surface area contributed by atoms with Crippen LogP contribution in [0.5, 0.6) is 5.75 Å². The second-order valence-electron chi connectivity index (χ2n) is 8.06. The molecule has 0 spiro atoms. The van der Waals surface area contributed by atoms with E-state index in [1.807, 2.05) is 0 Å². The Balaban J connectivity index is 1.63. The summed E-state index contributed by atoms with van der Waals surface area (Å²) in [6.45, 7) is 2.79. The first-order valence-corrected chi connectivity index (χ1v) is 13.3. The van der Waals surface area contributed by atoms with Gasteiger partial charge in [0, 0.05) is 41.4 Å². The second kappa shape index (κ2) is 10.3. The van der Waals surface area contributed by atoms with E-state index in [0.717, 1.165) is 4.90 Å². The fourth-order valence-corrected chi connectivity index (χ4v) is 6.29. The Labute approximate surface area is 203 Å². The maximum Gasteiger partial charge on any atom is 0.244 e. The average Bonchev–Trinajstić information content (AvgIpc) is 2.96. The number of anilines is 2. The molecule has 34 heavy (non-hydrogen) atoms. The number of ether oxygens (including phenoxy) is 2. The van der Waals surface area contributed by atoms with Gasteiger partial charge in [0.15, 0.2) is 0 Å². The summed E-state index contributed by atoms with van der Waals surface area (Å²) in [7, 11) is -2.22. The van der Waals surface area contributed by atoms with Gasteiger partial charge in [-0.1, -0.05) is 13.0 Å². The number of amides is 2. The molecule has 0 aromatic heterocycles. The van der Waals surface area contributed by atoms with E-state index in [4.69, 9.17) is 9.47 Å². The monoisotopic (exact) mass is 505 g/mol. The maximum atomic E-state index is 13.2. The first-order chi connectivity index (χ1) is 16.3. The first kappa shape index (κ1) is 24.5. The molecule has 9 nitrogen and oxygen atoms in total. The number of nitrogens with one attached hydrogen (secondary N) is 1. The van der Waals surface area contributed by atoms with E-state index in [1.54, 1.807) is 43.3 Å². The zero-order chi connectivity index (χ0) is 24.3. The highest BCUT2D eigenvalue weighted by Gasteiger charge is 2.32. The smallest absolute Gasteiger partial charge is 0.244 e. The number of rotatable bonds is 6. The van der Waals surface area contributed by atoms with Crippen molar-refractivity contribution in [2.45, 2.75) is 16.7 Å². The van der Waals surface area contributed by atoms with Crippen LogP contribution in [0.4, 0.5) is 11.4 Å². The van der Waals surface area contributed by atoms with Crippen LogP contribution in [0.2, 0.25) is 0 Å². The van der Waals surface area contributed by atoms with Crippen molar-refractivity contribution in [3.05, 3.63) is 42.5 Å². The lowest BCUT2D eigenvalue weighted by molar-refractivity contribution is -0.123. The highest BCUT2D eigenvalue weighted by Crippen LogP contribution is 2.38. The van der Waals surface area contributed by atoms with E-state index in [2.05, 4.69) is 5.32 Å². The van der Waals surface area contributed by atoms with Crippen LogP contribution in [0.25, 0.3) is 0 Å². The molecule has 1 saturated heterocycles. The van der Waals surface area contributed by atoms with Gasteiger partial charge in [0.25, 0.3) is 0 Å². The number of hydrogen-bond acceptors (Lipinski definition) is 7. The first-order valence-electron chi connectivity index (χ1n) is 10.9. The number of benzene rings is 2. The van der Waals surface area contributed by atoms with E-state index in [9.17, 15) is 18.0 Å². The normalized spacial score (nSPS) is 19.3. The summed E-state index contributed by atoms with van der Waals surface area (Å²) in [6, 6.07) is 11.7. The molecule has 1 N–H and O–H groups in total. The summed E-state index contributed by atoms with van der Waals surface area (Å²) in [5, 5.41) is 2.79. The summed E-state index contributed by atoms with van der Waals surface area (Å²) >= 11 is 1.48. The standard InChI is InChI=1S/C23H27N3O6S2/c1-16-15-33-21-7-6-19(34(29,30)25-8-10-32-11-9-25)13-20(21)26(23(16)28)14-22(27)24-17-4-3-5-18(12-17)31-2/h3-7,12-13,16H,8-11,14-15H2,1-2H3,(H,24,27). The Morgan fingerprint density at radius 1 is 1.21 bits per heavy atom. The van der Waals surface area contributed by atoms with Gasteiger partial charge in [0.2, 0.25) is 21.8 Å². The van der Waals surface area contributed by atoms with Gasteiger partial charge in [0.1, 0.15) is 12.3 Å². The third-order valence-electron chi connectivity index (χ3n) is 5.66. The van der Waals surface area contributed by atoms with Gasteiger partial charge in [-0.3, -0.25) is 9.59 Å². The summed E-state index contributed by atoms with van der Waals surface area (Å²) in [5.41, 5.74) is 0.965. The van der Waals surface area contributed by atoms with Crippen molar-refractivity contribution in [1.82, 2.24) is 4.31 Å². The molecule has 11 heteroatoms. The number of hydrogen-bond donors (Lipinski definition) is 1. The number of thioether (sulfide) groups is 1. The zero-order valence-corrected chi connectivity index (χ0v) is 20.7. The molecule has 2 aliphatic rings. The molecule has 2 aliphatic heterocycles. The van der Waals surface area contributed by atoms with Gasteiger partial charge in [-0.15, -0.1) is 11.8 Å². The molecule has 0 saturated carbocycles. The average molecular weight is 506 g/mol. The second-order valence-corrected chi connectivity index (χ2v) is 11.1. The predicted octanol–water partition coefficient (Wildman–Crippen LogP) is 2.43. The van der Waals surface area contributed by atoms with Crippen molar-refractivity contribution < 1.29 is 27.5 Å². The highest BCUT2D eigenvalue weighted by molar-refractivity contribution is 7.99. The van der Waals surface area contributed by atoms with Crippen LogP contribution in [0.3, 0.4) is 0 Å². The number of carbonyl (C=O) groups excluding carboxylic acids is 2. The molecule has 2 heterocycles. The topological polar surface area (TPSA) is 105 Å². The van der Waals surface area contributed by atoms with Crippen LogP contribution in [-0.4, -0.2) is 70.2 Å². The molecule has 2 aromatic carbocycles. The highest BCUT2D eigenvalue weighted by atomic mass is 32.2. The van der Waals surface area contributed by atoms with Crippen LogP contribution >= 0.6 is 11.8 Å². The molecule has 1 unspecified atom stereocenters. The Hall–Kier alpha value is -2.60. The Morgan fingerprint density at radius 2 is 1.97 bits per heavy atom. The largest absolute Gasteiger partial charge is 0.497 e. The van der Waals surface area contributed by atoms with Crippen molar-refractivity contribution in [3.8, 4) is 5.75 Å². The molecule has 1 atom stereocenters. The van der Waals surface area contributed by atoms with Gasteiger partial charge in [-0.25, -0.2) is 8.42 Å². The van der Waals surface area contributed by atoms with Crippen LogP contribution < -0.4 is 15.0 Å². The van der Waals surface area contributed by atoms with E-state index in [0.29, 0.717) is 36.1 Å². The third-order valence-corrected chi connectivity index (χ3v) is 8.88. The quantitative estimate of drug-likeness (QED) is 0.643. The minimum absolute atomic E-state index is 0.0920. The van der Waals surface area contributed by atoms with Gasteiger partial charge in [-0.2, -0.15) is 4.31 Å². The zero-order valence-electron chi connectivity index (χ0n) is 19.0. The number of methoxy groups -OCH3 is 1. The van der Waals surface area contributed by atoms with Crippen molar-refractivity contribution in [2.75, 3.05) is 55.9 Å². The van der Waals surface area contributed by atoms with Crippen molar-refractivity contribution in [1.29, 1.82) is 0 Å². The number of morpholine rings is 1.